The van der Waals surface area contributed by atoms with Gasteiger partial charge in [-0.1, -0.05) is 50.6 Å². The van der Waals surface area contributed by atoms with Crippen molar-refractivity contribution in [3.63, 3.8) is 0 Å². The van der Waals surface area contributed by atoms with Gasteiger partial charge in [-0.25, -0.2) is 0 Å². The minimum atomic E-state index is -0.214. The standard InChI is InChI=1S/C16H26N2O/c1-3-18(4-2)13-9-8-12-15(16(17)19)14-10-6-5-7-11-14/h5-7,10-11,15H,3-4,8-9,12-13H2,1-2H3,(H2,17,19). The van der Waals surface area contributed by atoms with E-state index in [0.29, 0.717) is 0 Å². The number of rotatable bonds is 9. The lowest BCUT2D eigenvalue weighted by molar-refractivity contribution is -0.119. The number of unbranched alkanes of at least 4 members (excludes halogenated alkanes) is 1. The predicted molar refractivity (Wildman–Crippen MR) is 80.0 cm³/mol. The van der Waals surface area contributed by atoms with Gasteiger partial charge in [0.2, 0.25) is 5.91 Å². The molecule has 0 heterocycles. The number of nitrogens with two attached hydrogens (primary N) is 1. The lowest BCUT2D eigenvalue weighted by atomic mass is 9.93. The molecule has 1 aromatic rings. The van der Waals surface area contributed by atoms with Crippen molar-refractivity contribution >= 4 is 5.91 Å². The highest BCUT2D eigenvalue weighted by Crippen LogP contribution is 2.21. The van der Waals surface area contributed by atoms with Crippen molar-refractivity contribution in [2.75, 3.05) is 19.6 Å². The van der Waals surface area contributed by atoms with Crippen molar-refractivity contribution in [2.45, 2.75) is 39.0 Å². The van der Waals surface area contributed by atoms with Gasteiger partial charge in [0.25, 0.3) is 0 Å². The van der Waals surface area contributed by atoms with E-state index in [1.54, 1.807) is 0 Å². The number of nitrogens with zero attached hydrogens (tertiary/aromatic N) is 1. The molecule has 1 atom stereocenters. The zero-order valence-corrected chi connectivity index (χ0v) is 12.1. The van der Waals surface area contributed by atoms with Gasteiger partial charge in [-0.05, 0) is 38.0 Å². The number of hydrogen-bond donors (Lipinski definition) is 1. The summed E-state index contributed by atoms with van der Waals surface area (Å²) in [6.45, 7) is 7.65. The SMILES string of the molecule is CCN(CC)CCCCC(C(N)=O)c1ccccc1. The van der Waals surface area contributed by atoms with E-state index in [4.69, 9.17) is 5.73 Å². The second kappa shape index (κ2) is 8.70. The molecule has 1 amide bonds. The van der Waals surface area contributed by atoms with Crippen LogP contribution in [0, 0.1) is 0 Å². The number of primary amides is 1. The van der Waals surface area contributed by atoms with Crippen LogP contribution in [0.1, 0.15) is 44.6 Å². The molecule has 1 rings (SSSR count). The summed E-state index contributed by atoms with van der Waals surface area (Å²) in [4.78, 5) is 14.0. The van der Waals surface area contributed by atoms with Crippen LogP contribution in [0.3, 0.4) is 0 Å². The van der Waals surface area contributed by atoms with Crippen LogP contribution in [-0.4, -0.2) is 30.4 Å². The molecule has 0 aliphatic rings. The predicted octanol–water partition coefficient (Wildman–Crippen LogP) is 2.77. The minimum absolute atomic E-state index is 0.141. The van der Waals surface area contributed by atoms with E-state index < -0.39 is 0 Å². The second-order valence-corrected chi connectivity index (χ2v) is 4.89. The molecule has 2 N–H and O–H groups in total. The Hall–Kier alpha value is -1.35. The van der Waals surface area contributed by atoms with Crippen LogP contribution in [0.15, 0.2) is 30.3 Å². The van der Waals surface area contributed by atoms with E-state index in [-0.39, 0.29) is 11.8 Å². The molecule has 0 saturated heterocycles. The fourth-order valence-electron chi connectivity index (χ4n) is 2.38. The molecule has 106 valence electrons. The van der Waals surface area contributed by atoms with Gasteiger partial charge >= 0.3 is 0 Å². The van der Waals surface area contributed by atoms with Crippen molar-refractivity contribution in [2.24, 2.45) is 5.73 Å². The molecule has 1 unspecified atom stereocenters. The summed E-state index contributed by atoms with van der Waals surface area (Å²) in [5.74, 6) is -0.355. The van der Waals surface area contributed by atoms with Gasteiger partial charge < -0.3 is 10.6 Å². The molecule has 0 saturated carbocycles. The highest BCUT2D eigenvalue weighted by atomic mass is 16.1. The fourth-order valence-corrected chi connectivity index (χ4v) is 2.38. The summed E-state index contributed by atoms with van der Waals surface area (Å²) >= 11 is 0. The Morgan fingerprint density at radius 3 is 2.32 bits per heavy atom. The Labute approximate surface area is 116 Å². The second-order valence-electron chi connectivity index (χ2n) is 4.89. The maximum atomic E-state index is 11.6. The van der Waals surface area contributed by atoms with Crippen LogP contribution in [0.4, 0.5) is 0 Å². The summed E-state index contributed by atoms with van der Waals surface area (Å²) in [5, 5.41) is 0. The highest BCUT2D eigenvalue weighted by Gasteiger charge is 2.16. The van der Waals surface area contributed by atoms with E-state index in [2.05, 4.69) is 18.7 Å². The third-order valence-corrected chi connectivity index (χ3v) is 3.66. The zero-order chi connectivity index (χ0) is 14.1. The molecular weight excluding hydrogens is 236 g/mol. The summed E-state index contributed by atoms with van der Waals surface area (Å²) in [6.07, 6.45) is 3.01. The molecule has 3 heteroatoms. The molecule has 3 nitrogen and oxygen atoms in total. The van der Waals surface area contributed by atoms with E-state index in [9.17, 15) is 4.79 Å². The van der Waals surface area contributed by atoms with Gasteiger partial charge in [-0.2, -0.15) is 0 Å². The molecule has 0 aromatic heterocycles. The molecule has 0 aliphatic carbocycles. The Balaban J connectivity index is 2.42. The first-order valence-electron chi connectivity index (χ1n) is 7.25. The summed E-state index contributed by atoms with van der Waals surface area (Å²) in [7, 11) is 0. The maximum absolute atomic E-state index is 11.6. The molecule has 1 aromatic carbocycles. The van der Waals surface area contributed by atoms with E-state index in [0.717, 1.165) is 44.5 Å². The number of amides is 1. The Morgan fingerprint density at radius 1 is 1.16 bits per heavy atom. The van der Waals surface area contributed by atoms with Gasteiger partial charge in [-0.15, -0.1) is 0 Å². The average molecular weight is 262 g/mol. The van der Waals surface area contributed by atoms with Crippen LogP contribution < -0.4 is 5.73 Å². The molecule has 0 fully saturated rings. The quantitative estimate of drug-likeness (QED) is 0.696. The fraction of sp³-hybridized carbons (Fsp3) is 0.562. The first kappa shape index (κ1) is 15.7. The van der Waals surface area contributed by atoms with Crippen molar-refractivity contribution in [1.29, 1.82) is 0 Å². The molecule has 0 bridgehead atoms. The molecule has 19 heavy (non-hydrogen) atoms. The monoisotopic (exact) mass is 262 g/mol. The highest BCUT2D eigenvalue weighted by molar-refractivity contribution is 5.81. The van der Waals surface area contributed by atoms with Crippen molar-refractivity contribution in [1.82, 2.24) is 4.90 Å². The largest absolute Gasteiger partial charge is 0.369 e. The number of carbonyl (C=O) groups is 1. The van der Waals surface area contributed by atoms with Crippen molar-refractivity contribution in [3.8, 4) is 0 Å². The summed E-state index contributed by atoms with van der Waals surface area (Å²) in [6, 6.07) is 9.85. The summed E-state index contributed by atoms with van der Waals surface area (Å²) < 4.78 is 0. The molecule has 0 spiro atoms. The third kappa shape index (κ3) is 5.43. The Bertz CT molecular complexity index is 360. The van der Waals surface area contributed by atoms with Gasteiger partial charge in [0.15, 0.2) is 0 Å². The van der Waals surface area contributed by atoms with Crippen LogP contribution in [-0.2, 0) is 4.79 Å². The lowest BCUT2D eigenvalue weighted by Crippen LogP contribution is -2.25. The van der Waals surface area contributed by atoms with E-state index >= 15 is 0 Å². The first-order valence-corrected chi connectivity index (χ1v) is 7.25. The topological polar surface area (TPSA) is 46.3 Å². The maximum Gasteiger partial charge on any atom is 0.224 e. The first-order chi connectivity index (χ1) is 9.19. The zero-order valence-electron chi connectivity index (χ0n) is 12.1. The van der Waals surface area contributed by atoms with Gasteiger partial charge in [0.05, 0.1) is 5.92 Å². The van der Waals surface area contributed by atoms with Crippen LogP contribution in [0.2, 0.25) is 0 Å². The number of benzene rings is 1. The Morgan fingerprint density at radius 2 is 1.79 bits per heavy atom. The van der Waals surface area contributed by atoms with Crippen molar-refractivity contribution in [3.05, 3.63) is 35.9 Å². The summed E-state index contributed by atoms with van der Waals surface area (Å²) in [5.41, 5.74) is 6.55. The third-order valence-electron chi connectivity index (χ3n) is 3.66. The smallest absolute Gasteiger partial charge is 0.224 e. The van der Waals surface area contributed by atoms with Gasteiger partial charge in [-0.3, -0.25) is 4.79 Å². The van der Waals surface area contributed by atoms with E-state index in [1.807, 2.05) is 30.3 Å². The van der Waals surface area contributed by atoms with Gasteiger partial charge in [0, 0.05) is 0 Å². The van der Waals surface area contributed by atoms with E-state index in [1.165, 1.54) is 0 Å². The van der Waals surface area contributed by atoms with Crippen LogP contribution in [0.25, 0.3) is 0 Å². The van der Waals surface area contributed by atoms with Crippen LogP contribution >= 0.6 is 0 Å². The molecule has 0 radical (unpaired) electrons. The molecule has 0 aliphatic heterocycles. The molecular formula is C16H26N2O. The number of hydrogen-bond acceptors (Lipinski definition) is 2. The normalized spacial score (nSPS) is 12.6. The van der Waals surface area contributed by atoms with Crippen LogP contribution in [0.5, 0.6) is 0 Å². The van der Waals surface area contributed by atoms with Crippen molar-refractivity contribution < 1.29 is 4.79 Å². The number of carbonyl (C=O) groups excluding carboxylic acids is 1. The van der Waals surface area contributed by atoms with Gasteiger partial charge in [0.1, 0.15) is 0 Å². The Kier molecular flexibility index (Phi) is 7.19. The average Bonchev–Trinajstić information content (AvgIpc) is 2.43. The lowest BCUT2D eigenvalue weighted by Gasteiger charge is -2.18. The minimum Gasteiger partial charge on any atom is -0.369 e.